The molecule has 0 radical (unpaired) electrons. The van der Waals surface area contributed by atoms with Crippen molar-refractivity contribution in [3.8, 4) is 0 Å². The summed E-state index contributed by atoms with van der Waals surface area (Å²) in [7, 11) is 1.33. The molecule has 130 valence electrons. The molecule has 1 N–H and O–H groups in total. The van der Waals surface area contributed by atoms with Crippen LogP contribution in [0.25, 0.3) is 11.0 Å². The molecule has 24 heavy (non-hydrogen) atoms. The van der Waals surface area contributed by atoms with E-state index in [2.05, 4.69) is 5.32 Å². The Morgan fingerprint density at radius 2 is 2.00 bits per heavy atom. The molecule has 0 aliphatic rings. The van der Waals surface area contributed by atoms with E-state index in [1.165, 1.54) is 7.11 Å². The van der Waals surface area contributed by atoms with Crippen LogP contribution in [0.5, 0.6) is 0 Å². The molecular formula is C18H23NO4S. The molecule has 1 atom stereocenters. The molecule has 1 amide bonds. The third kappa shape index (κ3) is 4.32. The lowest BCUT2D eigenvalue weighted by Gasteiger charge is -2.15. The average molecular weight is 349 g/mol. The number of aryl methyl sites for hydroxylation is 2. The smallest absolute Gasteiger partial charge is 0.328 e. The van der Waals surface area contributed by atoms with Crippen molar-refractivity contribution in [2.24, 2.45) is 0 Å². The predicted octanol–water partition coefficient (Wildman–Crippen LogP) is 3.00. The number of carbonyl (C=O) groups excluding carboxylic acids is 2. The van der Waals surface area contributed by atoms with Gasteiger partial charge < -0.3 is 14.5 Å². The molecule has 0 saturated heterocycles. The number of esters is 1. The number of thioether (sulfide) groups is 1. The molecule has 1 aromatic carbocycles. The van der Waals surface area contributed by atoms with E-state index in [9.17, 15) is 9.59 Å². The molecule has 2 aromatic rings. The van der Waals surface area contributed by atoms with Crippen molar-refractivity contribution in [3.05, 3.63) is 35.1 Å². The molecule has 1 aromatic heterocycles. The highest BCUT2D eigenvalue weighted by molar-refractivity contribution is 7.98. The number of rotatable bonds is 7. The first-order chi connectivity index (χ1) is 11.5. The maximum atomic E-state index is 12.3. The summed E-state index contributed by atoms with van der Waals surface area (Å²) in [6, 6.07) is 3.39. The summed E-state index contributed by atoms with van der Waals surface area (Å²) >= 11 is 1.62. The molecule has 2 rings (SSSR count). The number of amides is 1. The lowest BCUT2D eigenvalue weighted by atomic mass is 10.0. The van der Waals surface area contributed by atoms with Crippen molar-refractivity contribution in [3.63, 3.8) is 0 Å². The van der Waals surface area contributed by atoms with E-state index >= 15 is 0 Å². The molecular weight excluding hydrogens is 326 g/mol. The zero-order chi connectivity index (χ0) is 17.7. The normalized spacial score (nSPS) is 12.2. The van der Waals surface area contributed by atoms with Crippen LogP contribution in [0.2, 0.25) is 0 Å². The molecule has 0 unspecified atom stereocenters. The highest BCUT2D eigenvalue weighted by Crippen LogP contribution is 2.25. The van der Waals surface area contributed by atoms with Crippen molar-refractivity contribution in [1.29, 1.82) is 0 Å². The number of carbonyl (C=O) groups is 2. The minimum atomic E-state index is -0.614. The van der Waals surface area contributed by atoms with Gasteiger partial charge in [0.05, 0.1) is 19.8 Å². The van der Waals surface area contributed by atoms with Crippen molar-refractivity contribution in [2.45, 2.75) is 32.7 Å². The van der Waals surface area contributed by atoms with Crippen LogP contribution in [0.3, 0.4) is 0 Å². The van der Waals surface area contributed by atoms with Gasteiger partial charge in [-0.15, -0.1) is 0 Å². The van der Waals surface area contributed by atoms with Gasteiger partial charge in [-0.1, -0.05) is 0 Å². The predicted molar refractivity (Wildman–Crippen MR) is 96.3 cm³/mol. The van der Waals surface area contributed by atoms with Gasteiger partial charge >= 0.3 is 5.97 Å². The second-order valence-corrected chi connectivity index (χ2v) is 6.78. The molecule has 0 aliphatic carbocycles. The summed E-state index contributed by atoms with van der Waals surface area (Å²) < 4.78 is 10.3. The molecule has 0 aliphatic heterocycles. The first-order valence-electron chi connectivity index (χ1n) is 7.79. The molecule has 0 spiro atoms. The van der Waals surface area contributed by atoms with Crippen LogP contribution in [0.4, 0.5) is 0 Å². The molecule has 0 saturated carbocycles. The molecule has 0 fully saturated rings. The lowest BCUT2D eigenvalue weighted by molar-refractivity contribution is -0.145. The quantitative estimate of drug-likeness (QED) is 0.778. The monoisotopic (exact) mass is 349 g/mol. The lowest BCUT2D eigenvalue weighted by Crippen LogP contribution is -2.42. The third-order valence-corrected chi connectivity index (χ3v) is 4.70. The van der Waals surface area contributed by atoms with Gasteiger partial charge in [0.1, 0.15) is 11.6 Å². The number of methoxy groups -OCH3 is 1. The molecule has 5 nitrogen and oxygen atoms in total. The Morgan fingerprint density at radius 1 is 1.29 bits per heavy atom. The van der Waals surface area contributed by atoms with Gasteiger partial charge in [0, 0.05) is 10.9 Å². The largest absolute Gasteiger partial charge is 0.467 e. The van der Waals surface area contributed by atoms with Gasteiger partial charge in [0.25, 0.3) is 0 Å². The van der Waals surface area contributed by atoms with Crippen molar-refractivity contribution < 1.29 is 18.7 Å². The molecule has 1 heterocycles. The van der Waals surface area contributed by atoms with Crippen LogP contribution in [-0.4, -0.2) is 37.0 Å². The first kappa shape index (κ1) is 18.4. The van der Waals surface area contributed by atoms with E-state index in [4.69, 9.17) is 9.15 Å². The van der Waals surface area contributed by atoms with Crippen molar-refractivity contribution >= 4 is 34.6 Å². The Bertz CT molecular complexity index is 738. The van der Waals surface area contributed by atoms with E-state index in [-0.39, 0.29) is 12.3 Å². The van der Waals surface area contributed by atoms with Crippen LogP contribution in [0.1, 0.15) is 23.1 Å². The third-order valence-electron chi connectivity index (χ3n) is 4.05. The Kier molecular flexibility index (Phi) is 6.31. The van der Waals surface area contributed by atoms with E-state index in [0.29, 0.717) is 6.42 Å². The maximum Gasteiger partial charge on any atom is 0.328 e. The number of hydrogen-bond acceptors (Lipinski definition) is 5. The number of nitrogens with one attached hydrogen (secondary N) is 1. The summed E-state index contributed by atoms with van der Waals surface area (Å²) in [5.41, 5.74) is 3.89. The van der Waals surface area contributed by atoms with E-state index < -0.39 is 12.0 Å². The zero-order valence-corrected chi connectivity index (χ0v) is 15.3. The van der Waals surface area contributed by atoms with Gasteiger partial charge in [-0.3, -0.25) is 4.79 Å². The number of furan rings is 1. The van der Waals surface area contributed by atoms with E-state index in [1.54, 1.807) is 18.0 Å². The van der Waals surface area contributed by atoms with Crippen LogP contribution in [0.15, 0.2) is 22.8 Å². The number of fused-ring (bicyclic) bond motifs is 1. The van der Waals surface area contributed by atoms with Crippen molar-refractivity contribution in [2.75, 3.05) is 19.1 Å². The average Bonchev–Trinajstić information content (AvgIpc) is 2.93. The number of benzene rings is 1. The van der Waals surface area contributed by atoms with E-state index in [0.717, 1.165) is 33.4 Å². The van der Waals surface area contributed by atoms with Gasteiger partial charge in [0.15, 0.2) is 0 Å². The number of ether oxygens (including phenoxy) is 1. The second kappa shape index (κ2) is 8.24. The fourth-order valence-electron chi connectivity index (χ4n) is 2.52. The summed E-state index contributed by atoms with van der Waals surface area (Å²) in [6.07, 6.45) is 4.28. The SMILES string of the molecule is COC(=O)[C@H](CCSC)NC(=O)Cc1coc2cc(C)c(C)cc12. The van der Waals surface area contributed by atoms with Gasteiger partial charge in [-0.25, -0.2) is 4.79 Å². The zero-order valence-electron chi connectivity index (χ0n) is 14.5. The topological polar surface area (TPSA) is 68.5 Å². The summed E-state index contributed by atoms with van der Waals surface area (Å²) in [5.74, 6) is 0.140. The Balaban J connectivity index is 2.11. The van der Waals surface area contributed by atoms with Gasteiger partial charge in [-0.05, 0) is 55.5 Å². The maximum absolute atomic E-state index is 12.3. The standard InChI is InChI=1S/C18H23NO4S/c1-11-7-14-13(10-23-16(14)8-12(11)2)9-17(20)19-15(5-6-24-4)18(21)22-3/h7-8,10,15H,5-6,9H2,1-4H3,(H,19,20)/t15-/m0/s1. The molecule has 6 heteroatoms. The van der Waals surface area contributed by atoms with Crippen LogP contribution < -0.4 is 5.32 Å². The Morgan fingerprint density at radius 3 is 2.67 bits per heavy atom. The van der Waals surface area contributed by atoms with Crippen LogP contribution in [0, 0.1) is 13.8 Å². The minimum Gasteiger partial charge on any atom is -0.467 e. The summed E-state index contributed by atoms with van der Waals surface area (Å²) in [6.45, 7) is 4.05. The number of hydrogen-bond donors (Lipinski definition) is 1. The van der Waals surface area contributed by atoms with Crippen LogP contribution >= 0.6 is 11.8 Å². The fourth-order valence-corrected chi connectivity index (χ4v) is 2.99. The molecule has 0 bridgehead atoms. The van der Waals surface area contributed by atoms with Crippen molar-refractivity contribution in [1.82, 2.24) is 5.32 Å². The second-order valence-electron chi connectivity index (χ2n) is 5.80. The van der Waals surface area contributed by atoms with Gasteiger partial charge in [-0.2, -0.15) is 11.8 Å². The van der Waals surface area contributed by atoms with Crippen LogP contribution in [-0.2, 0) is 20.7 Å². The minimum absolute atomic E-state index is 0.169. The fraction of sp³-hybridized carbons (Fsp3) is 0.444. The highest BCUT2D eigenvalue weighted by atomic mass is 32.2. The highest BCUT2D eigenvalue weighted by Gasteiger charge is 2.22. The van der Waals surface area contributed by atoms with E-state index in [1.807, 2.05) is 32.2 Å². The summed E-state index contributed by atoms with van der Waals surface area (Å²) in [4.78, 5) is 24.1. The van der Waals surface area contributed by atoms with Gasteiger partial charge in [0.2, 0.25) is 5.91 Å². The summed E-state index contributed by atoms with van der Waals surface area (Å²) in [5, 5.41) is 3.70. The first-order valence-corrected chi connectivity index (χ1v) is 9.19. The Hall–Kier alpha value is -1.95. The Labute approximate surface area is 146 Å².